The van der Waals surface area contributed by atoms with Gasteiger partial charge < -0.3 is 5.11 Å². The van der Waals surface area contributed by atoms with Crippen LogP contribution in [0.1, 0.15) is 36.5 Å². The Morgan fingerprint density at radius 1 is 1.38 bits per heavy atom. The summed E-state index contributed by atoms with van der Waals surface area (Å²) in [6.45, 7) is 2.20. The lowest BCUT2D eigenvalue weighted by Crippen LogP contribution is -2.29. The lowest BCUT2D eigenvalue weighted by molar-refractivity contribution is 0.0691. The van der Waals surface area contributed by atoms with Gasteiger partial charge in [-0.25, -0.2) is 21.9 Å². The zero-order valence-electron chi connectivity index (χ0n) is 11.8. The van der Waals surface area contributed by atoms with Gasteiger partial charge in [-0.2, -0.15) is 0 Å². The molecule has 21 heavy (non-hydrogen) atoms. The fraction of sp³-hybridized carbons (Fsp3) is 0.462. The molecule has 0 atom stereocenters. The average Bonchev–Trinajstić information content (AvgIpc) is 2.40. The smallest absolute Gasteiger partial charge is 0.338 e. The van der Waals surface area contributed by atoms with E-state index in [1.54, 1.807) is 0 Å². The number of carboxylic acids is 1. The van der Waals surface area contributed by atoms with Crippen molar-refractivity contribution in [1.82, 2.24) is 4.31 Å². The first-order chi connectivity index (χ1) is 9.71. The first-order valence-electron chi connectivity index (χ1n) is 6.40. The first kappa shape index (κ1) is 17.9. The highest BCUT2D eigenvalue weighted by molar-refractivity contribution is 7.89. The second-order valence-corrected chi connectivity index (χ2v) is 7.05. The van der Waals surface area contributed by atoms with Crippen LogP contribution in [0.15, 0.2) is 17.0 Å². The normalized spacial score (nSPS) is 11.9. The maximum absolute atomic E-state index is 14.1. The van der Waals surface area contributed by atoms with Crippen LogP contribution in [0.4, 0.5) is 4.39 Å². The van der Waals surface area contributed by atoms with Gasteiger partial charge in [-0.3, -0.25) is 0 Å². The number of benzene rings is 1. The Morgan fingerprint density at radius 3 is 2.52 bits per heavy atom. The number of hydrogen-bond donors (Lipinski definition) is 1. The zero-order chi connectivity index (χ0) is 16.2. The Labute approximate surface area is 128 Å². The number of unbranched alkanes of at least 4 members (excludes halogenated alkanes) is 2. The highest BCUT2D eigenvalue weighted by Crippen LogP contribution is 2.26. The zero-order valence-corrected chi connectivity index (χ0v) is 13.3. The molecule has 1 rings (SSSR count). The van der Waals surface area contributed by atoms with Gasteiger partial charge in [0.05, 0.1) is 5.56 Å². The van der Waals surface area contributed by atoms with E-state index < -0.39 is 32.3 Å². The van der Waals surface area contributed by atoms with Gasteiger partial charge in [-0.05, 0) is 18.6 Å². The van der Waals surface area contributed by atoms with Crippen molar-refractivity contribution in [3.8, 4) is 0 Å². The summed E-state index contributed by atoms with van der Waals surface area (Å²) in [7, 11) is -2.79. The second-order valence-electron chi connectivity index (χ2n) is 4.60. The summed E-state index contributed by atoms with van der Waals surface area (Å²) in [4.78, 5) is 10.2. The Balaban J connectivity index is 3.22. The molecule has 118 valence electrons. The minimum atomic E-state index is -4.12. The van der Waals surface area contributed by atoms with Crippen molar-refractivity contribution in [3.05, 3.63) is 28.5 Å². The average molecular weight is 338 g/mol. The molecule has 5 nitrogen and oxygen atoms in total. The molecule has 0 aromatic heterocycles. The van der Waals surface area contributed by atoms with E-state index in [2.05, 4.69) is 0 Å². The lowest BCUT2D eigenvalue weighted by atomic mass is 10.2. The summed E-state index contributed by atoms with van der Waals surface area (Å²) in [6.07, 6.45) is 2.40. The Bertz CT molecular complexity index is 633. The molecule has 0 unspecified atom stereocenters. The van der Waals surface area contributed by atoms with E-state index >= 15 is 0 Å². The molecule has 0 aliphatic heterocycles. The summed E-state index contributed by atoms with van der Waals surface area (Å²) in [6, 6.07) is 1.81. The number of nitrogens with zero attached hydrogens (tertiary/aromatic N) is 1. The summed E-state index contributed by atoms with van der Waals surface area (Å²) in [5.74, 6) is -2.87. The quantitative estimate of drug-likeness (QED) is 0.776. The van der Waals surface area contributed by atoms with Crippen molar-refractivity contribution >= 4 is 27.6 Å². The summed E-state index contributed by atoms with van der Waals surface area (Å²) < 4.78 is 39.7. The molecule has 0 aliphatic rings. The van der Waals surface area contributed by atoms with E-state index in [0.717, 1.165) is 29.3 Å². The largest absolute Gasteiger partial charge is 0.478 e. The van der Waals surface area contributed by atoms with E-state index in [-0.39, 0.29) is 11.6 Å². The number of halogens is 2. The third-order valence-electron chi connectivity index (χ3n) is 3.00. The van der Waals surface area contributed by atoms with Crippen LogP contribution in [0, 0.1) is 5.82 Å². The number of aromatic carboxylic acids is 1. The number of sulfonamides is 1. The number of rotatable bonds is 7. The van der Waals surface area contributed by atoms with Gasteiger partial charge in [0.1, 0.15) is 4.90 Å². The van der Waals surface area contributed by atoms with Crippen LogP contribution >= 0.6 is 11.6 Å². The molecular weight excluding hydrogens is 321 g/mol. The highest BCUT2D eigenvalue weighted by atomic mass is 35.5. The van der Waals surface area contributed by atoms with E-state index in [4.69, 9.17) is 16.7 Å². The standard InChI is InChI=1S/C13H17ClFNO4S/c1-3-4-5-6-16(2)21(19,20)11-8-9(14)7-10(12(11)15)13(17)18/h7-8H,3-6H2,1-2H3,(H,17,18). The van der Waals surface area contributed by atoms with Crippen LogP contribution in [0.2, 0.25) is 5.02 Å². The van der Waals surface area contributed by atoms with E-state index in [0.29, 0.717) is 6.42 Å². The van der Waals surface area contributed by atoms with E-state index in [9.17, 15) is 17.6 Å². The Hall–Kier alpha value is -1.18. The Kier molecular flexibility index (Phi) is 6.12. The molecule has 0 aliphatic carbocycles. The number of carbonyl (C=O) groups is 1. The van der Waals surface area contributed by atoms with E-state index in [1.807, 2.05) is 6.92 Å². The van der Waals surface area contributed by atoms with Crippen LogP contribution in [0.5, 0.6) is 0 Å². The third kappa shape index (κ3) is 4.15. The summed E-state index contributed by atoms with van der Waals surface area (Å²) in [5, 5.41) is 8.74. The second kappa shape index (κ2) is 7.20. The molecule has 1 aromatic carbocycles. The van der Waals surface area contributed by atoms with Crippen LogP contribution in [-0.4, -0.2) is 37.4 Å². The molecule has 8 heteroatoms. The molecule has 0 saturated carbocycles. The minimum Gasteiger partial charge on any atom is -0.478 e. The number of hydrogen-bond acceptors (Lipinski definition) is 3. The van der Waals surface area contributed by atoms with Gasteiger partial charge in [0.15, 0.2) is 5.82 Å². The Morgan fingerprint density at radius 2 is 2.00 bits per heavy atom. The van der Waals surface area contributed by atoms with E-state index in [1.165, 1.54) is 7.05 Å². The van der Waals surface area contributed by atoms with Gasteiger partial charge in [0.25, 0.3) is 0 Å². The molecule has 0 saturated heterocycles. The van der Waals surface area contributed by atoms with Crippen LogP contribution < -0.4 is 0 Å². The van der Waals surface area contributed by atoms with Gasteiger partial charge in [0.2, 0.25) is 10.0 Å². The van der Waals surface area contributed by atoms with Crippen molar-refractivity contribution in [3.63, 3.8) is 0 Å². The first-order valence-corrected chi connectivity index (χ1v) is 8.22. The van der Waals surface area contributed by atoms with Crippen LogP contribution in [0.3, 0.4) is 0 Å². The van der Waals surface area contributed by atoms with Crippen molar-refractivity contribution in [1.29, 1.82) is 0 Å². The van der Waals surface area contributed by atoms with Gasteiger partial charge >= 0.3 is 5.97 Å². The minimum absolute atomic E-state index is 0.144. The van der Waals surface area contributed by atoms with Crippen molar-refractivity contribution in [2.45, 2.75) is 31.1 Å². The van der Waals surface area contributed by atoms with Crippen LogP contribution in [0.25, 0.3) is 0 Å². The maximum Gasteiger partial charge on any atom is 0.338 e. The molecule has 0 amide bonds. The number of carboxylic acid groups (broad SMARTS) is 1. The SMILES string of the molecule is CCCCCN(C)S(=O)(=O)c1cc(Cl)cc(C(=O)O)c1F. The lowest BCUT2D eigenvalue weighted by Gasteiger charge is -2.18. The maximum atomic E-state index is 14.1. The molecule has 1 aromatic rings. The molecule has 0 spiro atoms. The topological polar surface area (TPSA) is 74.7 Å². The monoisotopic (exact) mass is 337 g/mol. The third-order valence-corrected chi connectivity index (χ3v) is 5.07. The van der Waals surface area contributed by atoms with Crippen LogP contribution in [-0.2, 0) is 10.0 Å². The van der Waals surface area contributed by atoms with Gasteiger partial charge in [-0.15, -0.1) is 0 Å². The molecule has 0 heterocycles. The highest BCUT2D eigenvalue weighted by Gasteiger charge is 2.28. The molecule has 0 radical (unpaired) electrons. The van der Waals surface area contributed by atoms with Gasteiger partial charge in [0, 0.05) is 18.6 Å². The summed E-state index contributed by atoms with van der Waals surface area (Å²) in [5.41, 5.74) is -0.761. The molecule has 0 bridgehead atoms. The van der Waals surface area contributed by atoms with Crippen molar-refractivity contribution in [2.24, 2.45) is 0 Å². The fourth-order valence-corrected chi connectivity index (χ4v) is 3.38. The summed E-state index contributed by atoms with van der Waals surface area (Å²) >= 11 is 5.69. The fourth-order valence-electron chi connectivity index (χ4n) is 1.78. The van der Waals surface area contributed by atoms with Crippen molar-refractivity contribution < 1.29 is 22.7 Å². The molecular formula is C13H17ClFNO4S. The molecule has 0 fully saturated rings. The predicted octanol–water partition coefficient (Wildman–Crippen LogP) is 2.99. The van der Waals surface area contributed by atoms with Crippen molar-refractivity contribution in [2.75, 3.05) is 13.6 Å². The predicted molar refractivity (Wildman–Crippen MR) is 77.7 cm³/mol. The van der Waals surface area contributed by atoms with Gasteiger partial charge in [-0.1, -0.05) is 31.4 Å². The molecule has 1 N–H and O–H groups in total.